The standard InChI is InChI=1S/C16H29N3/c1-5-13(3)19-10-9-15(18-19)11-16(4,6-2)12-17-14-7-8-14/h9-10,13-14,17H,5-8,11-12H2,1-4H3. The van der Waals surface area contributed by atoms with Gasteiger partial charge in [0.2, 0.25) is 0 Å². The smallest absolute Gasteiger partial charge is 0.0630 e. The van der Waals surface area contributed by atoms with E-state index in [2.05, 4.69) is 50.0 Å². The average Bonchev–Trinajstić information content (AvgIpc) is 3.14. The van der Waals surface area contributed by atoms with Gasteiger partial charge in [0.15, 0.2) is 0 Å². The van der Waals surface area contributed by atoms with Crippen molar-refractivity contribution in [2.24, 2.45) is 5.41 Å². The van der Waals surface area contributed by atoms with Crippen LogP contribution in [0.2, 0.25) is 0 Å². The molecule has 3 heteroatoms. The first-order valence-electron chi connectivity index (χ1n) is 7.83. The summed E-state index contributed by atoms with van der Waals surface area (Å²) in [6, 6.07) is 3.49. The van der Waals surface area contributed by atoms with Gasteiger partial charge in [-0.25, -0.2) is 0 Å². The Bertz CT molecular complexity index is 394. The van der Waals surface area contributed by atoms with Gasteiger partial charge in [-0.2, -0.15) is 5.10 Å². The SMILES string of the molecule is CCC(C)n1ccc(CC(C)(CC)CNC2CC2)n1. The van der Waals surface area contributed by atoms with Crippen molar-refractivity contribution in [3.8, 4) is 0 Å². The van der Waals surface area contributed by atoms with Crippen LogP contribution in [-0.2, 0) is 6.42 Å². The third-order valence-corrected chi connectivity index (χ3v) is 4.56. The third-order valence-electron chi connectivity index (χ3n) is 4.56. The van der Waals surface area contributed by atoms with Crippen molar-refractivity contribution in [1.29, 1.82) is 0 Å². The Kier molecular flexibility index (Phi) is 4.67. The van der Waals surface area contributed by atoms with Crippen molar-refractivity contribution in [2.45, 2.75) is 71.9 Å². The second kappa shape index (κ2) is 6.08. The van der Waals surface area contributed by atoms with Crippen LogP contribution in [0.25, 0.3) is 0 Å². The quantitative estimate of drug-likeness (QED) is 0.777. The molecular weight excluding hydrogens is 234 g/mol. The van der Waals surface area contributed by atoms with Gasteiger partial charge in [-0.3, -0.25) is 4.68 Å². The zero-order valence-electron chi connectivity index (χ0n) is 12.9. The topological polar surface area (TPSA) is 29.9 Å². The second-order valence-corrected chi connectivity index (χ2v) is 6.54. The fourth-order valence-electron chi connectivity index (χ4n) is 2.33. The molecule has 1 fully saturated rings. The molecule has 2 atom stereocenters. The minimum absolute atomic E-state index is 0.331. The van der Waals surface area contributed by atoms with Crippen LogP contribution in [0.1, 0.15) is 65.1 Å². The minimum Gasteiger partial charge on any atom is -0.313 e. The van der Waals surface area contributed by atoms with Crippen molar-refractivity contribution < 1.29 is 0 Å². The molecule has 0 spiro atoms. The van der Waals surface area contributed by atoms with Gasteiger partial charge >= 0.3 is 0 Å². The zero-order chi connectivity index (χ0) is 13.9. The first-order valence-corrected chi connectivity index (χ1v) is 7.83. The molecule has 0 aromatic carbocycles. The summed E-state index contributed by atoms with van der Waals surface area (Å²) in [5.41, 5.74) is 1.57. The lowest BCUT2D eigenvalue weighted by Crippen LogP contribution is -2.34. The first-order chi connectivity index (χ1) is 9.06. The highest BCUT2D eigenvalue weighted by molar-refractivity contribution is 5.04. The van der Waals surface area contributed by atoms with Crippen LogP contribution >= 0.6 is 0 Å². The maximum atomic E-state index is 4.75. The van der Waals surface area contributed by atoms with E-state index in [0.29, 0.717) is 11.5 Å². The van der Waals surface area contributed by atoms with E-state index in [-0.39, 0.29) is 0 Å². The molecule has 1 aliphatic carbocycles. The summed E-state index contributed by atoms with van der Waals surface area (Å²) >= 11 is 0. The maximum absolute atomic E-state index is 4.75. The number of hydrogen-bond acceptors (Lipinski definition) is 2. The number of rotatable bonds is 8. The highest BCUT2D eigenvalue weighted by Gasteiger charge is 2.28. The third kappa shape index (κ3) is 4.07. The molecule has 0 aliphatic heterocycles. The molecular formula is C16H29N3. The highest BCUT2D eigenvalue weighted by atomic mass is 15.3. The Morgan fingerprint density at radius 3 is 2.79 bits per heavy atom. The fourth-order valence-corrected chi connectivity index (χ4v) is 2.33. The first kappa shape index (κ1) is 14.6. The maximum Gasteiger partial charge on any atom is 0.0630 e. The summed E-state index contributed by atoms with van der Waals surface area (Å²) in [5, 5.41) is 8.42. The van der Waals surface area contributed by atoms with Crippen LogP contribution in [0, 0.1) is 5.41 Å². The van der Waals surface area contributed by atoms with Crippen molar-refractivity contribution >= 4 is 0 Å². The van der Waals surface area contributed by atoms with Crippen molar-refractivity contribution in [3.63, 3.8) is 0 Å². The highest BCUT2D eigenvalue weighted by Crippen LogP contribution is 2.28. The van der Waals surface area contributed by atoms with E-state index in [1.54, 1.807) is 0 Å². The van der Waals surface area contributed by atoms with Crippen LogP contribution in [0.3, 0.4) is 0 Å². The van der Waals surface area contributed by atoms with Gasteiger partial charge in [0.05, 0.1) is 5.69 Å². The van der Waals surface area contributed by atoms with E-state index in [1.165, 1.54) is 25.0 Å². The molecule has 0 amide bonds. The molecule has 19 heavy (non-hydrogen) atoms. The Morgan fingerprint density at radius 1 is 1.47 bits per heavy atom. The summed E-state index contributed by atoms with van der Waals surface area (Å²) in [7, 11) is 0. The van der Waals surface area contributed by atoms with E-state index in [1.807, 2.05) is 0 Å². The molecule has 0 saturated heterocycles. The van der Waals surface area contributed by atoms with E-state index < -0.39 is 0 Å². The molecule has 1 heterocycles. The summed E-state index contributed by atoms with van der Waals surface area (Å²) in [5.74, 6) is 0. The van der Waals surface area contributed by atoms with Gasteiger partial charge in [-0.1, -0.05) is 20.8 Å². The molecule has 0 bridgehead atoms. The molecule has 1 saturated carbocycles. The van der Waals surface area contributed by atoms with E-state index >= 15 is 0 Å². The van der Waals surface area contributed by atoms with Gasteiger partial charge in [0, 0.05) is 24.8 Å². The lowest BCUT2D eigenvalue weighted by molar-refractivity contribution is 0.285. The Hall–Kier alpha value is -0.830. The molecule has 1 N–H and O–H groups in total. The van der Waals surface area contributed by atoms with Gasteiger partial charge in [-0.05, 0) is 50.5 Å². The predicted octanol–water partition coefficient (Wildman–Crippen LogP) is 3.56. The van der Waals surface area contributed by atoms with Gasteiger partial charge in [0.1, 0.15) is 0 Å². The van der Waals surface area contributed by atoms with E-state index in [9.17, 15) is 0 Å². The molecule has 2 unspecified atom stereocenters. The molecule has 3 nitrogen and oxygen atoms in total. The number of nitrogens with one attached hydrogen (secondary N) is 1. The molecule has 1 aromatic heterocycles. The van der Waals surface area contributed by atoms with E-state index in [0.717, 1.165) is 25.4 Å². The van der Waals surface area contributed by atoms with Crippen molar-refractivity contribution in [1.82, 2.24) is 15.1 Å². The summed E-state index contributed by atoms with van der Waals surface area (Å²) in [6.45, 7) is 10.2. The van der Waals surface area contributed by atoms with Gasteiger partial charge in [-0.15, -0.1) is 0 Å². The zero-order valence-corrected chi connectivity index (χ0v) is 12.9. The number of hydrogen-bond donors (Lipinski definition) is 1. The lowest BCUT2D eigenvalue weighted by atomic mass is 9.82. The predicted molar refractivity (Wildman–Crippen MR) is 80.4 cm³/mol. The number of nitrogens with zero attached hydrogens (tertiary/aromatic N) is 2. The number of aromatic nitrogens is 2. The van der Waals surface area contributed by atoms with Crippen LogP contribution in [0.15, 0.2) is 12.3 Å². The van der Waals surface area contributed by atoms with Gasteiger partial charge in [0.25, 0.3) is 0 Å². The Morgan fingerprint density at radius 2 is 2.21 bits per heavy atom. The molecule has 2 rings (SSSR count). The van der Waals surface area contributed by atoms with Gasteiger partial charge < -0.3 is 5.32 Å². The minimum atomic E-state index is 0.331. The lowest BCUT2D eigenvalue weighted by Gasteiger charge is -2.28. The molecule has 0 radical (unpaired) electrons. The summed E-state index contributed by atoms with van der Waals surface area (Å²) in [4.78, 5) is 0. The van der Waals surface area contributed by atoms with Crippen molar-refractivity contribution in [3.05, 3.63) is 18.0 Å². The van der Waals surface area contributed by atoms with E-state index in [4.69, 9.17) is 5.10 Å². The monoisotopic (exact) mass is 263 g/mol. The normalized spacial score (nSPS) is 20.2. The average molecular weight is 263 g/mol. The Labute approximate surface area is 117 Å². The van der Waals surface area contributed by atoms with Crippen molar-refractivity contribution in [2.75, 3.05) is 6.54 Å². The second-order valence-electron chi connectivity index (χ2n) is 6.54. The van der Waals surface area contributed by atoms with Crippen LogP contribution in [-0.4, -0.2) is 22.4 Å². The molecule has 1 aromatic rings. The fraction of sp³-hybridized carbons (Fsp3) is 0.812. The van der Waals surface area contributed by atoms with Crippen LogP contribution in [0.4, 0.5) is 0 Å². The summed E-state index contributed by atoms with van der Waals surface area (Å²) in [6.07, 6.45) is 8.27. The van der Waals surface area contributed by atoms with Crippen LogP contribution in [0.5, 0.6) is 0 Å². The molecule has 1 aliphatic rings. The summed E-state index contributed by atoms with van der Waals surface area (Å²) < 4.78 is 2.11. The molecule has 108 valence electrons. The largest absolute Gasteiger partial charge is 0.313 e. The Balaban J connectivity index is 1.94. The van der Waals surface area contributed by atoms with Crippen LogP contribution < -0.4 is 5.32 Å².